The highest BCUT2D eigenvalue weighted by Gasteiger charge is 2.29. The minimum Gasteiger partial charge on any atom is -0.550 e. The monoisotopic (exact) mass is 282 g/mol. The van der Waals surface area contributed by atoms with E-state index in [1.807, 2.05) is 0 Å². The van der Waals surface area contributed by atoms with Crippen LogP contribution in [-0.2, 0) is 16.0 Å². The molecule has 110 valence electrons. The van der Waals surface area contributed by atoms with Crippen LogP contribution in [0.15, 0.2) is 10.6 Å². The first-order chi connectivity index (χ1) is 9.60. The lowest BCUT2D eigenvalue weighted by atomic mass is 9.81. The number of piperidine rings is 1. The van der Waals surface area contributed by atoms with E-state index in [1.165, 1.54) is 7.11 Å². The Morgan fingerprint density at radius 1 is 1.55 bits per heavy atom. The van der Waals surface area contributed by atoms with Gasteiger partial charge < -0.3 is 24.5 Å². The number of aromatic nitrogens is 1. The maximum absolute atomic E-state index is 11.3. The number of methoxy groups -OCH3 is 1. The predicted octanol–water partition coefficient (Wildman–Crippen LogP) is -1.66. The molecule has 0 bridgehead atoms. The third-order valence-electron chi connectivity index (χ3n) is 3.72. The van der Waals surface area contributed by atoms with E-state index in [4.69, 9.17) is 4.52 Å². The SMILES string of the molecule is COC(=O)c1cc(C[C@H]2C[NH2+]CC[C@H]2CC(=O)[O-])no1. The van der Waals surface area contributed by atoms with Crippen LogP contribution >= 0.6 is 0 Å². The Balaban J connectivity index is 2.01. The molecule has 0 aliphatic carbocycles. The van der Waals surface area contributed by atoms with Crippen molar-refractivity contribution >= 4 is 11.9 Å². The molecule has 0 radical (unpaired) electrons. The van der Waals surface area contributed by atoms with Crippen LogP contribution in [0.25, 0.3) is 0 Å². The molecule has 7 nitrogen and oxygen atoms in total. The van der Waals surface area contributed by atoms with E-state index >= 15 is 0 Å². The topological polar surface area (TPSA) is 109 Å². The van der Waals surface area contributed by atoms with Gasteiger partial charge in [-0.25, -0.2) is 4.79 Å². The van der Waals surface area contributed by atoms with Crippen LogP contribution in [0, 0.1) is 11.8 Å². The van der Waals surface area contributed by atoms with Gasteiger partial charge in [-0.15, -0.1) is 0 Å². The summed E-state index contributed by atoms with van der Waals surface area (Å²) in [6.07, 6.45) is 1.51. The van der Waals surface area contributed by atoms with Gasteiger partial charge in [0.25, 0.3) is 0 Å². The fourth-order valence-corrected chi connectivity index (χ4v) is 2.70. The molecule has 1 aromatic rings. The lowest BCUT2D eigenvalue weighted by molar-refractivity contribution is -0.672. The minimum absolute atomic E-state index is 0.0683. The lowest BCUT2D eigenvalue weighted by Crippen LogP contribution is -2.88. The number of nitrogens with zero attached hydrogens (tertiary/aromatic N) is 1. The Morgan fingerprint density at radius 2 is 2.35 bits per heavy atom. The molecule has 20 heavy (non-hydrogen) atoms. The Hall–Kier alpha value is -1.89. The number of aliphatic carboxylic acids is 1. The van der Waals surface area contributed by atoms with Crippen molar-refractivity contribution in [1.82, 2.24) is 5.16 Å². The van der Waals surface area contributed by atoms with Crippen molar-refractivity contribution in [3.63, 3.8) is 0 Å². The second-order valence-corrected chi connectivity index (χ2v) is 5.08. The molecule has 0 spiro atoms. The maximum atomic E-state index is 11.3. The highest BCUT2D eigenvalue weighted by molar-refractivity contribution is 5.86. The number of hydrogen-bond acceptors (Lipinski definition) is 6. The van der Waals surface area contributed by atoms with E-state index in [-0.39, 0.29) is 24.0 Å². The lowest BCUT2D eigenvalue weighted by Gasteiger charge is -2.29. The van der Waals surface area contributed by atoms with Crippen LogP contribution in [0.4, 0.5) is 0 Å². The Labute approximate surface area is 116 Å². The summed E-state index contributed by atoms with van der Waals surface area (Å²) in [7, 11) is 1.27. The highest BCUT2D eigenvalue weighted by atomic mass is 16.5. The summed E-state index contributed by atoms with van der Waals surface area (Å²) >= 11 is 0. The molecule has 2 rings (SSSR count). The second-order valence-electron chi connectivity index (χ2n) is 5.08. The van der Waals surface area contributed by atoms with Gasteiger partial charge in [0.1, 0.15) is 0 Å². The van der Waals surface area contributed by atoms with Crippen LogP contribution in [0.1, 0.15) is 29.1 Å². The van der Waals surface area contributed by atoms with E-state index in [0.717, 1.165) is 19.5 Å². The molecule has 0 unspecified atom stereocenters. The number of nitrogens with two attached hydrogens (primary N) is 1. The number of hydrogen-bond donors (Lipinski definition) is 1. The van der Waals surface area contributed by atoms with Crippen molar-refractivity contribution in [3.05, 3.63) is 17.5 Å². The average molecular weight is 282 g/mol. The van der Waals surface area contributed by atoms with Gasteiger partial charge in [-0.05, 0) is 12.3 Å². The second kappa shape index (κ2) is 6.51. The summed E-state index contributed by atoms with van der Waals surface area (Å²) in [5.41, 5.74) is 0.647. The first kappa shape index (κ1) is 14.5. The summed E-state index contributed by atoms with van der Waals surface area (Å²) in [5, 5.41) is 16.8. The number of carbonyl (C=O) groups is 2. The fraction of sp³-hybridized carbons (Fsp3) is 0.615. The van der Waals surface area contributed by atoms with Crippen molar-refractivity contribution in [2.75, 3.05) is 20.2 Å². The summed E-state index contributed by atoms with van der Waals surface area (Å²) in [6, 6.07) is 1.55. The number of quaternary nitrogens is 1. The van der Waals surface area contributed by atoms with Crippen LogP contribution in [-0.4, -0.2) is 37.3 Å². The van der Waals surface area contributed by atoms with Crippen molar-refractivity contribution in [2.45, 2.75) is 19.3 Å². The minimum atomic E-state index is -1.02. The number of carboxylic acid groups (broad SMARTS) is 1. The van der Waals surface area contributed by atoms with Crippen LogP contribution in [0.5, 0.6) is 0 Å². The zero-order chi connectivity index (χ0) is 14.5. The molecule has 1 aliphatic heterocycles. The van der Waals surface area contributed by atoms with Crippen molar-refractivity contribution in [1.29, 1.82) is 0 Å². The Kier molecular flexibility index (Phi) is 4.73. The van der Waals surface area contributed by atoms with Crippen LogP contribution in [0.3, 0.4) is 0 Å². The molecule has 2 heterocycles. The molecule has 1 aliphatic rings. The zero-order valence-corrected chi connectivity index (χ0v) is 11.3. The van der Waals surface area contributed by atoms with Gasteiger partial charge in [0, 0.05) is 30.8 Å². The highest BCUT2D eigenvalue weighted by Crippen LogP contribution is 2.24. The molecule has 1 fully saturated rings. The predicted molar refractivity (Wildman–Crippen MR) is 64.4 cm³/mol. The number of ether oxygens (including phenoxy) is 1. The van der Waals surface area contributed by atoms with Gasteiger partial charge in [-0.1, -0.05) is 5.16 Å². The van der Waals surface area contributed by atoms with Gasteiger partial charge in [0.2, 0.25) is 5.76 Å². The third kappa shape index (κ3) is 3.57. The van der Waals surface area contributed by atoms with E-state index in [2.05, 4.69) is 15.2 Å². The first-order valence-electron chi connectivity index (χ1n) is 6.65. The maximum Gasteiger partial charge on any atom is 0.376 e. The summed E-state index contributed by atoms with van der Waals surface area (Å²) in [4.78, 5) is 22.1. The van der Waals surface area contributed by atoms with Crippen molar-refractivity contribution in [3.8, 4) is 0 Å². The molecule has 2 N–H and O–H groups in total. The Morgan fingerprint density at radius 3 is 3.05 bits per heavy atom. The normalized spacial score (nSPS) is 22.4. The van der Waals surface area contributed by atoms with Crippen LogP contribution < -0.4 is 10.4 Å². The zero-order valence-electron chi connectivity index (χ0n) is 11.3. The molecule has 7 heteroatoms. The molecule has 0 aromatic carbocycles. The van der Waals surface area contributed by atoms with Gasteiger partial charge in [0.15, 0.2) is 0 Å². The number of esters is 1. The molecular formula is C13H18N2O5. The standard InChI is InChI=1S/C13H18N2O5/c1-19-13(18)11-6-10(15-20-11)4-9-7-14-3-2-8(9)5-12(16)17/h6,8-9,14H,2-5,7H2,1H3,(H,16,17)/t8-,9-/m0/s1. The third-order valence-corrected chi connectivity index (χ3v) is 3.72. The summed E-state index contributed by atoms with van der Waals surface area (Å²) in [6.45, 7) is 1.78. The molecule has 2 atom stereocenters. The summed E-state index contributed by atoms with van der Waals surface area (Å²) < 4.78 is 9.46. The average Bonchev–Trinajstić information content (AvgIpc) is 2.88. The Bertz CT molecular complexity index is 485. The van der Waals surface area contributed by atoms with E-state index in [1.54, 1.807) is 6.07 Å². The quantitative estimate of drug-likeness (QED) is 0.648. The first-order valence-corrected chi connectivity index (χ1v) is 6.65. The molecular weight excluding hydrogens is 264 g/mol. The van der Waals surface area contributed by atoms with Gasteiger partial charge in [0.05, 0.1) is 25.9 Å². The fourth-order valence-electron chi connectivity index (χ4n) is 2.70. The largest absolute Gasteiger partial charge is 0.550 e. The van der Waals surface area contributed by atoms with Gasteiger partial charge in [-0.3, -0.25) is 0 Å². The molecule has 0 saturated carbocycles. The molecule has 1 saturated heterocycles. The van der Waals surface area contributed by atoms with Gasteiger partial charge >= 0.3 is 5.97 Å². The number of rotatable bonds is 5. The van der Waals surface area contributed by atoms with Crippen molar-refractivity contribution in [2.24, 2.45) is 11.8 Å². The molecule has 1 aromatic heterocycles. The smallest absolute Gasteiger partial charge is 0.376 e. The van der Waals surface area contributed by atoms with Gasteiger partial charge in [-0.2, -0.15) is 0 Å². The number of carbonyl (C=O) groups excluding carboxylic acids is 2. The van der Waals surface area contributed by atoms with Crippen LogP contribution in [0.2, 0.25) is 0 Å². The summed E-state index contributed by atoms with van der Waals surface area (Å²) in [5.74, 6) is -1.23. The number of carboxylic acids is 1. The molecule has 0 amide bonds. The van der Waals surface area contributed by atoms with E-state index in [9.17, 15) is 14.7 Å². The van der Waals surface area contributed by atoms with E-state index in [0.29, 0.717) is 12.1 Å². The van der Waals surface area contributed by atoms with E-state index < -0.39 is 11.9 Å². The van der Waals surface area contributed by atoms with Crippen molar-refractivity contribution < 1.29 is 29.3 Å².